The fourth-order valence-corrected chi connectivity index (χ4v) is 3.56. The van der Waals surface area contributed by atoms with Crippen LogP contribution < -0.4 is 5.32 Å². The van der Waals surface area contributed by atoms with Crippen molar-refractivity contribution in [3.63, 3.8) is 0 Å². The molecule has 5 rings (SSSR count). The van der Waals surface area contributed by atoms with Gasteiger partial charge in [-0.15, -0.1) is 0 Å². The van der Waals surface area contributed by atoms with Crippen molar-refractivity contribution in [3.8, 4) is 11.4 Å². The van der Waals surface area contributed by atoms with Gasteiger partial charge in [0.05, 0.1) is 16.7 Å². The van der Waals surface area contributed by atoms with Crippen molar-refractivity contribution in [2.24, 2.45) is 0 Å². The summed E-state index contributed by atoms with van der Waals surface area (Å²) in [6.45, 7) is 1.13. The van der Waals surface area contributed by atoms with Gasteiger partial charge in [0.15, 0.2) is 11.6 Å². The lowest BCUT2D eigenvalue weighted by Gasteiger charge is -2.07. The normalized spacial score (nSPS) is 11.3. The number of hydrogen-bond donors (Lipinski definition) is 1. The second kappa shape index (κ2) is 8.12. The van der Waals surface area contributed by atoms with Crippen LogP contribution in [-0.2, 0) is 13.1 Å². The molecule has 0 aliphatic rings. The van der Waals surface area contributed by atoms with Gasteiger partial charge in [0.1, 0.15) is 12.0 Å². The lowest BCUT2D eigenvalue weighted by Crippen LogP contribution is -2.13. The summed E-state index contributed by atoms with van der Waals surface area (Å²) in [5.41, 5.74) is 4.72. The molecular formula is C24H19F2N5. The zero-order chi connectivity index (χ0) is 21.2. The Morgan fingerprint density at radius 2 is 1.58 bits per heavy atom. The largest absolute Gasteiger partial charge is 0.307 e. The summed E-state index contributed by atoms with van der Waals surface area (Å²) < 4.78 is 31.1. The Morgan fingerprint density at radius 3 is 2.39 bits per heavy atom. The molecule has 7 heteroatoms. The van der Waals surface area contributed by atoms with Gasteiger partial charge in [-0.3, -0.25) is 4.57 Å². The van der Waals surface area contributed by atoms with Crippen LogP contribution in [0.15, 0.2) is 85.3 Å². The first-order chi connectivity index (χ1) is 15.2. The first-order valence-corrected chi connectivity index (χ1v) is 9.90. The van der Waals surface area contributed by atoms with Gasteiger partial charge in [0, 0.05) is 25.0 Å². The van der Waals surface area contributed by atoms with Crippen LogP contribution in [0, 0.1) is 11.6 Å². The number of para-hydroxylation sites is 3. The zero-order valence-corrected chi connectivity index (χ0v) is 16.5. The SMILES string of the molecule is Fc1cccc(F)c1-n1ccc(CNCc2ccc(-n3cnc4ccccc43)cc2)n1. The smallest absolute Gasteiger partial charge is 0.151 e. The van der Waals surface area contributed by atoms with Crippen molar-refractivity contribution in [3.05, 3.63) is 108 Å². The first-order valence-electron chi connectivity index (χ1n) is 9.90. The van der Waals surface area contributed by atoms with E-state index in [1.54, 1.807) is 12.3 Å². The van der Waals surface area contributed by atoms with Crippen molar-refractivity contribution in [2.75, 3.05) is 0 Å². The highest BCUT2D eigenvalue weighted by molar-refractivity contribution is 5.77. The Bertz CT molecular complexity index is 1320. The molecule has 3 aromatic carbocycles. The Hall–Kier alpha value is -3.84. The average molecular weight is 415 g/mol. The van der Waals surface area contributed by atoms with Crippen LogP contribution in [0.3, 0.4) is 0 Å². The van der Waals surface area contributed by atoms with E-state index in [2.05, 4.69) is 44.2 Å². The summed E-state index contributed by atoms with van der Waals surface area (Å²) in [5.74, 6) is -1.29. The number of imidazole rings is 1. The number of nitrogens with zero attached hydrogens (tertiary/aromatic N) is 4. The lowest BCUT2D eigenvalue weighted by molar-refractivity contribution is 0.557. The van der Waals surface area contributed by atoms with Crippen LogP contribution in [0.5, 0.6) is 0 Å². The predicted molar refractivity (Wildman–Crippen MR) is 115 cm³/mol. The molecule has 1 N–H and O–H groups in total. The Morgan fingerprint density at radius 1 is 0.806 bits per heavy atom. The predicted octanol–water partition coefficient (Wildman–Crippen LogP) is 4.78. The maximum absolute atomic E-state index is 13.9. The van der Waals surface area contributed by atoms with Crippen molar-refractivity contribution in [1.82, 2.24) is 24.6 Å². The van der Waals surface area contributed by atoms with E-state index in [1.807, 2.05) is 30.6 Å². The number of benzene rings is 3. The van der Waals surface area contributed by atoms with Crippen molar-refractivity contribution in [2.45, 2.75) is 13.1 Å². The third kappa shape index (κ3) is 3.83. The Labute approximate surface area is 177 Å². The summed E-state index contributed by atoms with van der Waals surface area (Å²) >= 11 is 0. The minimum atomic E-state index is -0.645. The second-order valence-corrected chi connectivity index (χ2v) is 7.20. The average Bonchev–Trinajstić information content (AvgIpc) is 3.42. The summed E-state index contributed by atoms with van der Waals surface area (Å²) in [6, 6.07) is 21.8. The second-order valence-electron chi connectivity index (χ2n) is 7.20. The van der Waals surface area contributed by atoms with Gasteiger partial charge >= 0.3 is 0 Å². The molecule has 5 aromatic rings. The fraction of sp³-hybridized carbons (Fsp3) is 0.0833. The van der Waals surface area contributed by atoms with Crippen molar-refractivity contribution < 1.29 is 8.78 Å². The number of aromatic nitrogens is 4. The molecule has 0 aliphatic carbocycles. The molecule has 2 aromatic heterocycles. The lowest BCUT2D eigenvalue weighted by atomic mass is 10.2. The van der Waals surface area contributed by atoms with Gasteiger partial charge in [-0.2, -0.15) is 5.10 Å². The van der Waals surface area contributed by atoms with E-state index >= 15 is 0 Å². The van der Waals surface area contributed by atoms with Gasteiger partial charge in [0.25, 0.3) is 0 Å². The summed E-state index contributed by atoms with van der Waals surface area (Å²) in [4.78, 5) is 4.43. The van der Waals surface area contributed by atoms with Crippen molar-refractivity contribution >= 4 is 11.0 Å². The number of halogens is 2. The van der Waals surface area contributed by atoms with E-state index in [9.17, 15) is 8.78 Å². The third-order valence-electron chi connectivity index (χ3n) is 5.11. The first kappa shape index (κ1) is 19.1. The van der Waals surface area contributed by atoms with Crippen LogP contribution in [0.2, 0.25) is 0 Å². The van der Waals surface area contributed by atoms with Crippen LogP contribution >= 0.6 is 0 Å². The molecule has 31 heavy (non-hydrogen) atoms. The van der Waals surface area contributed by atoms with Crippen LogP contribution in [-0.4, -0.2) is 19.3 Å². The highest BCUT2D eigenvalue weighted by atomic mass is 19.1. The molecule has 0 aliphatic heterocycles. The topological polar surface area (TPSA) is 47.7 Å². The quantitative estimate of drug-likeness (QED) is 0.434. The van der Waals surface area contributed by atoms with Gasteiger partial charge in [-0.05, 0) is 48.0 Å². The van der Waals surface area contributed by atoms with Gasteiger partial charge in [-0.25, -0.2) is 18.4 Å². The molecule has 0 radical (unpaired) electrons. The molecule has 2 heterocycles. The molecule has 0 spiro atoms. The van der Waals surface area contributed by atoms with Crippen LogP contribution in [0.25, 0.3) is 22.4 Å². The molecule has 0 unspecified atom stereocenters. The number of rotatable bonds is 6. The molecule has 5 nitrogen and oxygen atoms in total. The molecule has 0 atom stereocenters. The number of nitrogens with one attached hydrogen (secondary N) is 1. The maximum atomic E-state index is 13.9. The van der Waals surface area contributed by atoms with E-state index in [0.717, 1.165) is 22.3 Å². The van der Waals surface area contributed by atoms with Crippen LogP contribution in [0.4, 0.5) is 8.78 Å². The minimum Gasteiger partial charge on any atom is -0.307 e. The van der Waals surface area contributed by atoms with E-state index in [0.29, 0.717) is 18.8 Å². The zero-order valence-electron chi connectivity index (χ0n) is 16.5. The molecular weight excluding hydrogens is 396 g/mol. The van der Waals surface area contributed by atoms with E-state index < -0.39 is 11.6 Å². The summed E-state index contributed by atoms with van der Waals surface area (Å²) in [7, 11) is 0. The summed E-state index contributed by atoms with van der Waals surface area (Å²) in [5, 5.41) is 7.59. The van der Waals surface area contributed by atoms with Gasteiger partial charge < -0.3 is 5.32 Å². The summed E-state index contributed by atoms with van der Waals surface area (Å²) in [6.07, 6.45) is 3.38. The standard InChI is InChI=1S/C24H19F2N5/c25-20-4-3-5-21(26)24(20)31-13-12-18(29-31)15-27-14-17-8-10-19(11-9-17)30-16-28-22-6-1-2-7-23(22)30/h1-13,16,27H,14-15H2. The van der Waals surface area contributed by atoms with E-state index in [-0.39, 0.29) is 5.69 Å². The molecule has 0 bridgehead atoms. The third-order valence-corrected chi connectivity index (χ3v) is 5.11. The van der Waals surface area contributed by atoms with E-state index in [4.69, 9.17) is 0 Å². The molecule has 0 saturated heterocycles. The van der Waals surface area contributed by atoms with Gasteiger partial charge in [-0.1, -0.05) is 30.3 Å². The van der Waals surface area contributed by atoms with Crippen LogP contribution in [0.1, 0.15) is 11.3 Å². The maximum Gasteiger partial charge on any atom is 0.151 e. The molecule has 0 fully saturated rings. The van der Waals surface area contributed by atoms with E-state index in [1.165, 1.54) is 22.9 Å². The molecule has 154 valence electrons. The number of hydrogen-bond acceptors (Lipinski definition) is 3. The Balaban J connectivity index is 1.23. The highest BCUT2D eigenvalue weighted by Crippen LogP contribution is 2.19. The van der Waals surface area contributed by atoms with Crippen molar-refractivity contribution in [1.29, 1.82) is 0 Å². The fourth-order valence-electron chi connectivity index (χ4n) is 3.56. The molecule has 0 saturated carbocycles. The monoisotopic (exact) mass is 415 g/mol. The molecule has 0 amide bonds. The minimum absolute atomic E-state index is 0.170. The van der Waals surface area contributed by atoms with Gasteiger partial charge in [0.2, 0.25) is 0 Å². The Kier molecular flexibility index (Phi) is 5.01. The number of fused-ring (bicyclic) bond motifs is 1. The highest BCUT2D eigenvalue weighted by Gasteiger charge is 2.12.